The Morgan fingerprint density at radius 1 is 1.18 bits per heavy atom. The zero-order valence-corrected chi connectivity index (χ0v) is 13.0. The first-order valence-electron chi connectivity index (χ1n) is 6.96. The van der Waals surface area contributed by atoms with Crippen LogP contribution in [0.3, 0.4) is 0 Å². The fourth-order valence-corrected chi connectivity index (χ4v) is 2.53. The van der Waals surface area contributed by atoms with E-state index in [1.54, 1.807) is 19.5 Å². The number of hydrogen-bond acceptors (Lipinski definition) is 4. The van der Waals surface area contributed by atoms with Crippen LogP contribution in [-0.4, -0.2) is 35.3 Å². The average Bonchev–Trinajstić information content (AvgIpc) is 2.55. The third kappa shape index (κ3) is 2.98. The van der Waals surface area contributed by atoms with Gasteiger partial charge >= 0.3 is 0 Å². The van der Waals surface area contributed by atoms with Gasteiger partial charge < -0.3 is 15.4 Å². The summed E-state index contributed by atoms with van der Waals surface area (Å²) in [6.45, 7) is 1.26. The number of benzene rings is 1. The number of anilines is 1. The van der Waals surface area contributed by atoms with Gasteiger partial charge in [-0.3, -0.25) is 9.97 Å². The van der Waals surface area contributed by atoms with Crippen LogP contribution in [0.25, 0.3) is 21.8 Å². The Morgan fingerprint density at radius 3 is 2.77 bits per heavy atom. The van der Waals surface area contributed by atoms with Crippen LogP contribution in [0.5, 0.6) is 0 Å². The van der Waals surface area contributed by atoms with Gasteiger partial charge in [0.05, 0.1) is 23.3 Å². The largest absolute Gasteiger partial charge is 0.383 e. The fraction of sp³-hybridized carbons (Fsp3) is 0.188. The van der Waals surface area contributed by atoms with E-state index in [1.807, 2.05) is 30.3 Å². The van der Waals surface area contributed by atoms with Crippen molar-refractivity contribution in [3.63, 3.8) is 0 Å². The molecule has 2 aromatic heterocycles. The van der Waals surface area contributed by atoms with E-state index in [2.05, 4.69) is 20.6 Å². The summed E-state index contributed by atoms with van der Waals surface area (Å²) in [5.74, 6) is 0. The number of pyridine rings is 2. The molecule has 0 fully saturated rings. The molecule has 1 aromatic carbocycles. The van der Waals surface area contributed by atoms with Crippen LogP contribution in [-0.2, 0) is 4.74 Å². The molecule has 2 N–H and O–H groups in total. The van der Waals surface area contributed by atoms with Gasteiger partial charge in [0.15, 0.2) is 5.11 Å². The minimum Gasteiger partial charge on any atom is -0.383 e. The topological polar surface area (TPSA) is 59.1 Å². The highest BCUT2D eigenvalue weighted by atomic mass is 32.1. The maximum Gasteiger partial charge on any atom is 0.170 e. The molecule has 0 aliphatic carbocycles. The van der Waals surface area contributed by atoms with Crippen LogP contribution in [0.15, 0.2) is 42.7 Å². The Kier molecular flexibility index (Phi) is 4.41. The first-order chi connectivity index (χ1) is 10.8. The predicted octanol–water partition coefficient (Wildman–Crippen LogP) is 2.72. The lowest BCUT2D eigenvalue weighted by atomic mass is 10.1. The summed E-state index contributed by atoms with van der Waals surface area (Å²) in [6, 6.07) is 9.90. The van der Waals surface area contributed by atoms with Crippen molar-refractivity contribution in [2.45, 2.75) is 0 Å². The minimum atomic E-state index is 0.548. The van der Waals surface area contributed by atoms with Crippen molar-refractivity contribution in [2.24, 2.45) is 0 Å². The molecule has 2 heterocycles. The van der Waals surface area contributed by atoms with E-state index in [9.17, 15) is 0 Å². The van der Waals surface area contributed by atoms with Gasteiger partial charge in [0.2, 0.25) is 0 Å². The molecule has 22 heavy (non-hydrogen) atoms. The molecule has 3 aromatic rings. The van der Waals surface area contributed by atoms with Crippen LogP contribution >= 0.6 is 12.2 Å². The Hall–Kier alpha value is -2.31. The second-order valence-electron chi connectivity index (χ2n) is 4.77. The number of rotatable bonds is 4. The number of methoxy groups -OCH3 is 1. The lowest BCUT2D eigenvalue weighted by Gasteiger charge is -2.13. The number of ether oxygens (including phenoxy) is 1. The summed E-state index contributed by atoms with van der Waals surface area (Å²) >= 11 is 5.31. The summed E-state index contributed by atoms with van der Waals surface area (Å²) in [6.07, 6.45) is 3.56. The van der Waals surface area contributed by atoms with Crippen LogP contribution in [0.1, 0.15) is 0 Å². The number of aromatic nitrogens is 2. The van der Waals surface area contributed by atoms with Crippen molar-refractivity contribution >= 4 is 44.8 Å². The molecule has 5 nitrogen and oxygen atoms in total. The predicted molar refractivity (Wildman–Crippen MR) is 93.1 cm³/mol. The summed E-state index contributed by atoms with van der Waals surface area (Å²) in [5.41, 5.74) is 2.66. The second kappa shape index (κ2) is 6.64. The monoisotopic (exact) mass is 312 g/mol. The van der Waals surface area contributed by atoms with E-state index >= 15 is 0 Å². The van der Waals surface area contributed by atoms with Crippen LogP contribution in [0.4, 0.5) is 5.69 Å². The summed E-state index contributed by atoms with van der Waals surface area (Å²) in [7, 11) is 1.66. The lowest BCUT2D eigenvalue weighted by molar-refractivity contribution is 0.204. The summed E-state index contributed by atoms with van der Waals surface area (Å²) in [4.78, 5) is 8.92. The second-order valence-corrected chi connectivity index (χ2v) is 5.18. The third-order valence-corrected chi connectivity index (χ3v) is 3.54. The van der Waals surface area contributed by atoms with E-state index in [0.717, 1.165) is 27.5 Å². The molecule has 0 unspecified atom stereocenters. The van der Waals surface area contributed by atoms with Crippen LogP contribution in [0.2, 0.25) is 0 Å². The fourth-order valence-electron chi connectivity index (χ4n) is 2.32. The molecule has 0 amide bonds. The van der Waals surface area contributed by atoms with Crippen LogP contribution in [0, 0.1) is 0 Å². The Balaban J connectivity index is 1.99. The van der Waals surface area contributed by atoms with Crippen molar-refractivity contribution in [2.75, 3.05) is 25.6 Å². The SMILES string of the molecule is COCCNC(=S)Nc1cc2cccnc2c2cccnc12. The Morgan fingerprint density at radius 2 is 1.95 bits per heavy atom. The van der Waals surface area contributed by atoms with Gasteiger partial charge in [0.25, 0.3) is 0 Å². The molecule has 0 atom stereocenters. The molecule has 0 saturated heterocycles. The van der Waals surface area contributed by atoms with Gasteiger partial charge in [-0.15, -0.1) is 0 Å². The number of thiocarbonyl (C=S) groups is 1. The standard InChI is InChI=1S/C16H16N4OS/c1-21-9-8-19-16(22)20-13-10-11-4-2-6-17-14(11)12-5-3-7-18-15(12)13/h2-7,10H,8-9H2,1H3,(H2,19,20,22). The molecule has 0 spiro atoms. The van der Waals surface area contributed by atoms with E-state index in [0.29, 0.717) is 18.3 Å². The Bertz CT molecular complexity index is 821. The summed E-state index contributed by atoms with van der Waals surface area (Å²) < 4.78 is 5.00. The van der Waals surface area contributed by atoms with Crippen LogP contribution < -0.4 is 10.6 Å². The molecular weight excluding hydrogens is 296 g/mol. The molecule has 0 aliphatic rings. The highest BCUT2D eigenvalue weighted by Crippen LogP contribution is 2.28. The molecule has 6 heteroatoms. The number of hydrogen-bond donors (Lipinski definition) is 2. The molecule has 0 radical (unpaired) electrons. The highest BCUT2D eigenvalue weighted by Gasteiger charge is 2.09. The zero-order chi connectivity index (χ0) is 15.4. The van der Waals surface area contributed by atoms with Crippen molar-refractivity contribution in [3.05, 3.63) is 42.7 Å². The van der Waals surface area contributed by atoms with Crippen molar-refractivity contribution < 1.29 is 4.74 Å². The van der Waals surface area contributed by atoms with Gasteiger partial charge in [-0.25, -0.2) is 0 Å². The quantitative estimate of drug-likeness (QED) is 0.439. The van der Waals surface area contributed by atoms with Crippen molar-refractivity contribution in [1.82, 2.24) is 15.3 Å². The van der Waals surface area contributed by atoms with E-state index < -0.39 is 0 Å². The van der Waals surface area contributed by atoms with Gasteiger partial charge in [-0.05, 0) is 36.5 Å². The molecular formula is C16H16N4OS. The van der Waals surface area contributed by atoms with Gasteiger partial charge in [-0.2, -0.15) is 0 Å². The first-order valence-corrected chi connectivity index (χ1v) is 7.36. The molecule has 112 valence electrons. The van der Waals surface area contributed by atoms with E-state index in [4.69, 9.17) is 17.0 Å². The molecule has 0 aliphatic heterocycles. The average molecular weight is 312 g/mol. The minimum absolute atomic E-state index is 0.548. The first kappa shape index (κ1) is 14.6. The number of fused-ring (bicyclic) bond motifs is 3. The third-order valence-electron chi connectivity index (χ3n) is 3.30. The maximum absolute atomic E-state index is 5.31. The van der Waals surface area contributed by atoms with Crippen molar-refractivity contribution in [3.8, 4) is 0 Å². The molecule has 3 rings (SSSR count). The maximum atomic E-state index is 5.31. The van der Waals surface area contributed by atoms with Gasteiger partial charge in [-0.1, -0.05) is 6.07 Å². The smallest absolute Gasteiger partial charge is 0.170 e. The molecule has 0 bridgehead atoms. The zero-order valence-electron chi connectivity index (χ0n) is 12.2. The highest BCUT2D eigenvalue weighted by molar-refractivity contribution is 7.80. The summed E-state index contributed by atoms with van der Waals surface area (Å²) in [5, 5.41) is 8.90. The van der Waals surface area contributed by atoms with E-state index in [-0.39, 0.29) is 0 Å². The Labute approximate surface area is 133 Å². The van der Waals surface area contributed by atoms with Gasteiger partial charge in [0.1, 0.15) is 0 Å². The lowest BCUT2D eigenvalue weighted by Crippen LogP contribution is -2.31. The normalized spacial score (nSPS) is 10.8. The number of nitrogens with one attached hydrogen (secondary N) is 2. The molecule has 0 saturated carbocycles. The van der Waals surface area contributed by atoms with Crippen molar-refractivity contribution in [1.29, 1.82) is 0 Å². The van der Waals surface area contributed by atoms with Gasteiger partial charge in [0, 0.05) is 36.8 Å². The van der Waals surface area contributed by atoms with E-state index in [1.165, 1.54) is 0 Å². The number of nitrogens with zero attached hydrogens (tertiary/aromatic N) is 2.